The molecule has 0 unspecified atom stereocenters. The molecule has 2 amide bonds. The van der Waals surface area contributed by atoms with Crippen LogP contribution in [0.5, 0.6) is 11.5 Å². The molecule has 2 aromatic carbocycles. The Morgan fingerprint density at radius 1 is 1.24 bits per heavy atom. The number of fused-ring (bicyclic) bond motifs is 1. The van der Waals surface area contributed by atoms with Crippen LogP contribution in [0, 0.1) is 0 Å². The highest BCUT2D eigenvalue weighted by molar-refractivity contribution is 8.26. The van der Waals surface area contributed by atoms with Crippen molar-refractivity contribution in [2.75, 3.05) is 19.9 Å². The third-order valence-corrected chi connectivity index (χ3v) is 6.01. The molecule has 0 radical (unpaired) electrons. The minimum absolute atomic E-state index is 0.190. The Bertz CT molecular complexity index is 1040. The SMILES string of the molecule is O=C(NCCN1C(=O)/C(=C\c2ccc3c(c2)OCO3)SC1=S)c1ccccc1Cl. The average Bonchev–Trinajstić information content (AvgIpc) is 3.27. The first kappa shape index (κ1) is 19.8. The molecule has 0 aliphatic carbocycles. The quantitative estimate of drug-likeness (QED) is 0.558. The lowest BCUT2D eigenvalue weighted by molar-refractivity contribution is -0.122. The number of thioether (sulfide) groups is 1. The third-order valence-electron chi connectivity index (χ3n) is 4.31. The van der Waals surface area contributed by atoms with Crippen LogP contribution in [0.25, 0.3) is 6.08 Å². The molecule has 1 saturated heterocycles. The van der Waals surface area contributed by atoms with E-state index in [4.69, 9.17) is 33.3 Å². The van der Waals surface area contributed by atoms with Crippen molar-refractivity contribution in [3.63, 3.8) is 0 Å². The van der Waals surface area contributed by atoms with Gasteiger partial charge in [0.2, 0.25) is 6.79 Å². The summed E-state index contributed by atoms with van der Waals surface area (Å²) in [5.41, 5.74) is 1.21. The zero-order valence-electron chi connectivity index (χ0n) is 15.0. The second-order valence-electron chi connectivity index (χ2n) is 6.18. The van der Waals surface area contributed by atoms with Gasteiger partial charge in [0.1, 0.15) is 4.32 Å². The lowest BCUT2D eigenvalue weighted by Gasteiger charge is -2.15. The maximum atomic E-state index is 12.7. The van der Waals surface area contributed by atoms with E-state index < -0.39 is 0 Å². The Morgan fingerprint density at radius 3 is 2.86 bits per heavy atom. The highest BCUT2D eigenvalue weighted by Crippen LogP contribution is 2.36. The number of ether oxygens (including phenoxy) is 2. The smallest absolute Gasteiger partial charge is 0.266 e. The molecule has 0 bridgehead atoms. The van der Waals surface area contributed by atoms with Crippen LogP contribution < -0.4 is 14.8 Å². The molecule has 2 aliphatic rings. The summed E-state index contributed by atoms with van der Waals surface area (Å²) in [6, 6.07) is 12.3. The van der Waals surface area contributed by atoms with Crippen molar-refractivity contribution < 1.29 is 19.1 Å². The summed E-state index contributed by atoms with van der Waals surface area (Å²) in [6.45, 7) is 0.730. The van der Waals surface area contributed by atoms with Gasteiger partial charge < -0.3 is 14.8 Å². The third kappa shape index (κ3) is 4.24. The fraction of sp³-hybridized carbons (Fsp3) is 0.150. The number of hydrogen-bond acceptors (Lipinski definition) is 6. The van der Waals surface area contributed by atoms with Gasteiger partial charge in [-0.3, -0.25) is 14.5 Å². The molecule has 2 aliphatic heterocycles. The molecule has 0 spiro atoms. The Labute approximate surface area is 181 Å². The topological polar surface area (TPSA) is 67.9 Å². The molecule has 1 N–H and O–H groups in total. The van der Waals surface area contributed by atoms with Crippen LogP contribution in [0.15, 0.2) is 47.4 Å². The molecule has 2 aromatic rings. The number of rotatable bonds is 5. The van der Waals surface area contributed by atoms with Crippen molar-refractivity contribution in [3.05, 3.63) is 63.5 Å². The van der Waals surface area contributed by atoms with Crippen molar-refractivity contribution in [1.29, 1.82) is 0 Å². The van der Waals surface area contributed by atoms with Crippen molar-refractivity contribution in [1.82, 2.24) is 10.2 Å². The van der Waals surface area contributed by atoms with Crippen LogP contribution >= 0.6 is 35.6 Å². The molecule has 4 rings (SSSR count). The minimum Gasteiger partial charge on any atom is -0.454 e. The van der Waals surface area contributed by atoms with Crippen LogP contribution in [0.3, 0.4) is 0 Å². The van der Waals surface area contributed by atoms with Crippen LogP contribution in [0.4, 0.5) is 0 Å². The van der Waals surface area contributed by atoms with E-state index in [-0.39, 0.29) is 31.7 Å². The average molecular weight is 447 g/mol. The predicted molar refractivity (Wildman–Crippen MR) is 116 cm³/mol. The van der Waals surface area contributed by atoms with Gasteiger partial charge in [-0.2, -0.15) is 0 Å². The molecule has 0 saturated carbocycles. The number of thiocarbonyl (C=S) groups is 1. The molecule has 148 valence electrons. The van der Waals surface area contributed by atoms with Gasteiger partial charge in [-0.05, 0) is 35.9 Å². The van der Waals surface area contributed by atoms with Gasteiger partial charge in [-0.25, -0.2) is 0 Å². The number of amides is 2. The highest BCUT2D eigenvalue weighted by atomic mass is 35.5. The maximum absolute atomic E-state index is 12.7. The minimum atomic E-state index is -0.294. The van der Waals surface area contributed by atoms with Crippen molar-refractivity contribution in [2.45, 2.75) is 0 Å². The second-order valence-corrected chi connectivity index (χ2v) is 8.26. The number of hydrogen-bond donors (Lipinski definition) is 1. The van der Waals surface area contributed by atoms with Gasteiger partial charge in [-0.1, -0.05) is 53.8 Å². The van der Waals surface area contributed by atoms with Gasteiger partial charge in [0.05, 0.1) is 15.5 Å². The van der Waals surface area contributed by atoms with Crippen molar-refractivity contribution >= 4 is 57.8 Å². The highest BCUT2D eigenvalue weighted by Gasteiger charge is 2.31. The Morgan fingerprint density at radius 2 is 2.03 bits per heavy atom. The molecular weight excluding hydrogens is 432 g/mol. The van der Waals surface area contributed by atoms with Crippen LogP contribution in [-0.4, -0.2) is 40.9 Å². The monoisotopic (exact) mass is 446 g/mol. The number of halogens is 1. The first-order valence-corrected chi connectivity index (χ1v) is 10.3. The Kier molecular flexibility index (Phi) is 5.75. The molecule has 6 nitrogen and oxygen atoms in total. The van der Waals surface area contributed by atoms with Crippen molar-refractivity contribution in [2.24, 2.45) is 0 Å². The summed E-state index contributed by atoms with van der Waals surface area (Å²) < 4.78 is 11.1. The standard InChI is InChI=1S/C20H15ClN2O4S2/c21-14-4-2-1-3-13(14)18(24)22-7-8-23-19(25)17(29-20(23)28)10-12-5-6-15-16(9-12)27-11-26-15/h1-6,9-10H,7-8,11H2,(H,22,24)/b17-10+. The maximum Gasteiger partial charge on any atom is 0.266 e. The number of carbonyl (C=O) groups is 2. The largest absolute Gasteiger partial charge is 0.454 e. The summed E-state index contributed by atoms with van der Waals surface area (Å²) in [7, 11) is 0. The first-order chi connectivity index (χ1) is 14.0. The lowest BCUT2D eigenvalue weighted by Crippen LogP contribution is -2.37. The van der Waals surface area contributed by atoms with E-state index in [9.17, 15) is 9.59 Å². The summed E-state index contributed by atoms with van der Waals surface area (Å²) in [6.07, 6.45) is 1.77. The summed E-state index contributed by atoms with van der Waals surface area (Å²) in [5.74, 6) is 0.849. The molecule has 2 heterocycles. The fourth-order valence-corrected chi connectivity index (χ4v) is 4.40. The number of benzene rings is 2. The van der Waals surface area contributed by atoms with Gasteiger partial charge in [-0.15, -0.1) is 0 Å². The summed E-state index contributed by atoms with van der Waals surface area (Å²) in [5, 5.41) is 3.14. The first-order valence-electron chi connectivity index (χ1n) is 8.70. The van der Waals surface area contributed by atoms with E-state index >= 15 is 0 Å². The molecule has 1 fully saturated rings. The van der Waals surface area contributed by atoms with E-state index in [0.717, 1.165) is 5.56 Å². The van der Waals surface area contributed by atoms with Crippen LogP contribution in [-0.2, 0) is 4.79 Å². The zero-order chi connectivity index (χ0) is 20.4. The van der Waals surface area contributed by atoms with E-state index in [1.165, 1.54) is 16.7 Å². The van der Waals surface area contributed by atoms with Gasteiger partial charge in [0.25, 0.3) is 11.8 Å². The zero-order valence-corrected chi connectivity index (χ0v) is 17.4. The van der Waals surface area contributed by atoms with Crippen LogP contribution in [0.2, 0.25) is 5.02 Å². The lowest BCUT2D eigenvalue weighted by atomic mass is 10.2. The van der Waals surface area contributed by atoms with E-state index in [2.05, 4.69) is 5.32 Å². The van der Waals surface area contributed by atoms with Crippen LogP contribution in [0.1, 0.15) is 15.9 Å². The molecule has 0 atom stereocenters. The molecule has 29 heavy (non-hydrogen) atoms. The predicted octanol–water partition coefficient (Wildman–Crippen LogP) is 3.70. The number of carbonyl (C=O) groups excluding carboxylic acids is 2. The van der Waals surface area contributed by atoms with Gasteiger partial charge in [0.15, 0.2) is 11.5 Å². The van der Waals surface area contributed by atoms with E-state index in [1.54, 1.807) is 36.4 Å². The van der Waals surface area contributed by atoms with Gasteiger partial charge in [0, 0.05) is 13.1 Å². The Hall–Kier alpha value is -2.55. The molecule has 0 aromatic heterocycles. The Balaban J connectivity index is 1.38. The van der Waals surface area contributed by atoms with E-state index in [1.807, 2.05) is 12.1 Å². The second kappa shape index (κ2) is 8.44. The molecule has 9 heteroatoms. The van der Waals surface area contributed by atoms with Crippen molar-refractivity contribution in [3.8, 4) is 11.5 Å². The van der Waals surface area contributed by atoms with Gasteiger partial charge >= 0.3 is 0 Å². The number of nitrogens with one attached hydrogen (secondary N) is 1. The number of nitrogens with zero attached hydrogens (tertiary/aromatic N) is 1. The molecular formula is C20H15ClN2O4S2. The van der Waals surface area contributed by atoms with E-state index in [0.29, 0.717) is 31.3 Å². The normalized spacial score (nSPS) is 16.6. The summed E-state index contributed by atoms with van der Waals surface area (Å²) in [4.78, 5) is 26.9. The fourth-order valence-electron chi connectivity index (χ4n) is 2.87. The summed E-state index contributed by atoms with van der Waals surface area (Å²) >= 11 is 12.6.